The Balaban J connectivity index is 2.28. The van der Waals surface area contributed by atoms with E-state index in [4.69, 9.17) is 4.84 Å². The van der Waals surface area contributed by atoms with Crippen LogP contribution >= 0.6 is 0 Å². The molecule has 0 saturated heterocycles. The molecule has 0 fully saturated rings. The molecule has 0 aliphatic rings. The maximum Gasteiger partial charge on any atom is 0.260 e. The molecule has 2 aromatic rings. The number of nitrogens with zero attached hydrogens (tertiary/aromatic N) is 3. The Labute approximate surface area is 125 Å². The van der Waals surface area contributed by atoms with Crippen molar-refractivity contribution in [1.82, 2.24) is 14.8 Å². The van der Waals surface area contributed by atoms with Crippen LogP contribution in [-0.4, -0.2) is 27.8 Å². The summed E-state index contributed by atoms with van der Waals surface area (Å²) >= 11 is 0. The van der Waals surface area contributed by atoms with Gasteiger partial charge in [-0.15, -0.1) is 0 Å². The van der Waals surface area contributed by atoms with Crippen LogP contribution in [0.25, 0.3) is 5.69 Å². The molecule has 1 aromatic carbocycles. The molecule has 21 heavy (non-hydrogen) atoms. The van der Waals surface area contributed by atoms with Crippen LogP contribution in [0.4, 0.5) is 0 Å². The zero-order valence-corrected chi connectivity index (χ0v) is 13.1. The third-order valence-corrected chi connectivity index (χ3v) is 2.96. The predicted octanol–water partition coefficient (Wildman–Crippen LogP) is 2.98. The van der Waals surface area contributed by atoms with E-state index in [1.54, 1.807) is 17.8 Å². The summed E-state index contributed by atoms with van der Waals surface area (Å²) in [6.07, 6.45) is 0. The number of carbonyl (C=O) groups excluding carboxylic acids is 1. The van der Waals surface area contributed by atoms with E-state index in [0.29, 0.717) is 5.88 Å². The van der Waals surface area contributed by atoms with Crippen molar-refractivity contribution < 1.29 is 9.63 Å². The van der Waals surface area contributed by atoms with Crippen LogP contribution in [0.1, 0.15) is 26.5 Å². The van der Waals surface area contributed by atoms with E-state index in [1.165, 1.54) is 5.06 Å². The molecule has 0 N–H and O–H groups in total. The van der Waals surface area contributed by atoms with Gasteiger partial charge in [0.1, 0.15) is 0 Å². The van der Waals surface area contributed by atoms with E-state index in [-0.39, 0.29) is 5.91 Å². The Morgan fingerprint density at radius 3 is 2.43 bits per heavy atom. The Hall–Kier alpha value is -2.30. The number of hydrogen-bond acceptors (Lipinski definition) is 3. The molecule has 1 heterocycles. The molecule has 0 aliphatic carbocycles. The Bertz CT molecular complexity index is 627. The minimum absolute atomic E-state index is 0.0963. The van der Waals surface area contributed by atoms with Crippen LogP contribution in [-0.2, 0) is 4.79 Å². The van der Waals surface area contributed by atoms with Crippen molar-refractivity contribution >= 4 is 5.91 Å². The highest BCUT2D eigenvalue weighted by Gasteiger charge is 2.27. The summed E-state index contributed by atoms with van der Waals surface area (Å²) in [5, 5.41) is 5.67. The number of hydrogen-bond donors (Lipinski definition) is 0. The Morgan fingerprint density at radius 2 is 1.86 bits per heavy atom. The third-order valence-electron chi connectivity index (χ3n) is 2.96. The van der Waals surface area contributed by atoms with Crippen LogP contribution < -0.4 is 4.84 Å². The van der Waals surface area contributed by atoms with Crippen LogP contribution in [0.5, 0.6) is 5.88 Å². The normalized spacial score (nSPS) is 11.3. The zero-order valence-electron chi connectivity index (χ0n) is 13.1. The quantitative estimate of drug-likeness (QED) is 0.815. The van der Waals surface area contributed by atoms with E-state index in [0.717, 1.165) is 11.4 Å². The van der Waals surface area contributed by atoms with E-state index in [9.17, 15) is 4.79 Å². The van der Waals surface area contributed by atoms with E-state index >= 15 is 0 Å². The highest BCUT2D eigenvalue weighted by molar-refractivity contribution is 5.80. The van der Waals surface area contributed by atoms with Crippen molar-refractivity contribution in [3.8, 4) is 11.6 Å². The third kappa shape index (κ3) is 3.42. The first-order valence-electron chi connectivity index (χ1n) is 6.87. The molecule has 0 spiro atoms. The fourth-order valence-electron chi connectivity index (χ4n) is 1.95. The SMILES string of the molecule is Cc1cc(ON(C)C(=O)C(C)(C)C)n(-c2ccccc2)n1. The summed E-state index contributed by atoms with van der Waals surface area (Å²) in [5.74, 6) is 0.416. The highest BCUT2D eigenvalue weighted by atomic mass is 16.7. The van der Waals surface area contributed by atoms with Gasteiger partial charge in [-0.3, -0.25) is 4.79 Å². The maximum absolute atomic E-state index is 12.2. The molecule has 0 radical (unpaired) electrons. The molecular weight excluding hydrogens is 266 g/mol. The fraction of sp³-hybridized carbons (Fsp3) is 0.375. The van der Waals surface area contributed by atoms with E-state index < -0.39 is 5.41 Å². The topological polar surface area (TPSA) is 47.4 Å². The number of carbonyl (C=O) groups is 1. The van der Waals surface area contributed by atoms with Gasteiger partial charge in [-0.2, -0.15) is 14.8 Å². The molecule has 0 atom stereocenters. The maximum atomic E-state index is 12.2. The smallest absolute Gasteiger partial charge is 0.260 e. The van der Waals surface area contributed by atoms with E-state index in [2.05, 4.69) is 5.10 Å². The Morgan fingerprint density at radius 1 is 1.24 bits per heavy atom. The molecule has 0 bridgehead atoms. The first-order valence-corrected chi connectivity index (χ1v) is 6.87. The van der Waals surface area contributed by atoms with Crippen molar-refractivity contribution in [2.45, 2.75) is 27.7 Å². The second-order valence-electron chi connectivity index (χ2n) is 6.02. The minimum Gasteiger partial charge on any atom is -0.357 e. The number of para-hydroxylation sites is 1. The average Bonchev–Trinajstić information content (AvgIpc) is 2.78. The van der Waals surface area contributed by atoms with Crippen molar-refractivity contribution in [2.24, 2.45) is 5.41 Å². The molecule has 112 valence electrons. The number of aryl methyl sites for hydroxylation is 1. The van der Waals surface area contributed by atoms with E-state index in [1.807, 2.05) is 58.0 Å². The molecule has 1 amide bonds. The molecule has 5 heteroatoms. The molecule has 5 nitrogen and oxygen atoms in total. The number of aromatic nitrogens is 2. The second-order valence-corrected chi connectivity index (χ2v) is 6.02. The lowest BCUT2D eigenvalue weighted by atomic mass is 9.96. The summed E-state index contributed by atoms with van der Waals surface area (Å²) in [7, 11) is 1.62. The fourth-order valence-corrected chi connectivity index (χ4v) is 1.95. The van der Waals surface area contributed by atoms with Gasteiger partial charge in [0.05, 0.1) is 11.4 Å². The van der Waals surface area contributed by atoms with Gasteiger partial charge in [0.25, 0.3) is 5.91 Å². The highest BCUT2D eigenvalue weighted by Crippen LogP contribution is 2.22. The molecule has 2 rings (SSSR count). The van der Waals surface area contributed by atoms with Crippen LogP contribution in [0.15, 0.2) is 36.4 Å². The van der Waals surface area contributed by atoms with Gasteiger partial charge in [0.2, 0.25) is 5.88 Å². The number of hydroxylamine groups is 2. The number of rotatable bonds is 3. The van der Waals surface area contributed by atoms with Crippen LogP contribution in [0.2, 0.25) is 0 Å². The first kappa shape index (κ1) is 15.1. The second kappa shape index (κ2) is 5.60. The van der Waals surface area contributed by atoms with Crippen molar-refractivity contribution in [1.29, 1.82) is 0 Å². The minimum atomic E-state index is -0.499. The molecule has 0 aliphatic heterocycles. The summed E-state index contributed by atoms with van der Waals surface area (Å²) in [6.45, 7) is 7.46. The summed E-state index contributed by atoms with van der Waals surface area (Å²) < 4.78 is 1.68. The van der Waals surface area contributed by atoms with Gasteiger partial charge >= 0.3 is 0 Å². The number of amides is 1. The lowest BCUT2D eigenvalue weighted by Gasteiger charge is -2.25. The molecule has 0 saturated carbocycles. The largest absolute Gasteiger partial charge is 0.357 e. The zero-order chi connectivity index (χ0) is 15.6. The van der Waals surface area contributed by atoms with Crippen molar-refractivity contribution in [3.63, 3.8) is 0 Å². The van der Waals surface area contributed by atoms with Gasteiger partial charge in [0.15, 0.2) is 0 Å². The van der Waals surface area contributed by atoms with Crippen molar-refractivity contribution in [3.05, 3.63) is 42.1 Å². The van der Waals surface area contributed by atoms with Gasteiger partial charge in [-0.25, -0.2) is 0 Å². The van der Waals surface area contributed by atoms with Crippen LogP contribution in [0.3, 0.4) is 0 Å². The summed E-state index contributed by atoms with van der Waals surface area (Å²) in [6, 6.07) is 11.5. The van der Waals surface area contributed by atoms with Gasteiger partial charge in [0, 0.05) is 18.5 Å². The lowest BCUT2D eigenvalue weighted by molar-refractivity contribution is -0.162. The molecular formula is C16H21N3O2. The standard InChI is InChI=1S/C16H21N3O2/c1-12-11-14(21-18(5)15(20)16(2,3)4)19(17-12)13-9-7-6-8-10-13/h6-11H,1-5H3. The molecule has 0 unspecified atom stereocenters. The lowest BCUT2D eigenvalue weighted by Crippen LogP contribution is -2.39. The Kier molecular flexibility index (Phi) is 4.02. The van der Waals surface area contributed by atoms with Gasteiger partial charge < -0.3 is 4.84 Å². The van der Waals surface area contributed by atoms with Crippen LogP contribution in [0, 0.1) is 12.3 Å². The average molecular weight is 287 g/mol. The van der Waals surface area contributed by atoms with Crippen molar-refractivity contribution in [2.75, 3.05) is 7.05 Å². The number of benzene rings is 1. The predicted molar refractivity (Wildman–Crippen MR) is 81.2 cm³/mol. The molecule has 1 aromatic heterocycles. The van der Waals surface area contributed by atoms with Gasteiger partial charge in [-0.05, 0) is 19.1 Å². The van der Waals surface area contributed by atoms with Gasteiger partial charge in [-0.1, -0.05) is 39.0 Å². The monoisotopic (exact) mass is 287 g/mol. The summed E-state index contributed by atoms with van der Waals surface area (Å²) in [5.41, 5.74) is 1.21. The summed E-state index contributed by atoms with van der Waals surface area (Å²) in [4.78, 5) is 17.9. The first-order chi connectivity index (χ1) is 9.79.